The summed E-state index contributed by atoms with van der Waals surface area (Å²) in [5.41, 5.74) is 6.02. The molecule has 2 atom stereocenters. The number of carbonyl (C=O) groups is 1. The van der Waals surface area contributed by atoms with Crippen LogP contribution in [0.5, 0.6) is 0 Å². The van der Waals surface area contributed by atoms with Gasteiger partial charge in [0, 0.05) is 37.6 Å². The topological polar surface area (TPSA) is 49.6 Å². The van der Waals surface area contributed by atoms with Gasteiger partial charge in [-0.1, -0.05) is 6.42 Å². The van der Waals surface area contributed by atoms with Gasteiger partial charge < -0.3 is 15.5 Å². The Morgan fingerprint density at radius 3 is 2.48 bits per heavy atom. The molecule has 1 heterocycles. The zero-order valence-electron chi connectivity index (χ0n) is 14.1. The average molecular weight is 295 g/mol. The third kappa shape index (κ3) is 4.68. The zero-order chi connectivity index (χ0) is 15.4. The summed E-state index contributed by atoms with van der Waals surface area (Å²) in [5.74, 6) is 1.32. The monoisotopic (exact) mass is 295 g/mol. The van der Waals surface area contributed by atoms with Crippen LogP contribution in [-0.4, -0.2) is 54.5 Å². The second-order valence-electron chi connectivity index (χ2n) is 7.43. The van der Waals surface area contributed by atoms with Crippen molar-refractivity contribution in [1.29, 1.82) is 0 Å². The second kappa shape index (κ2) is 7.59. The molecular formula is C17H33N3O. The third-order valence-electron chi connectivity index (χ3n) is 5.42. The Bertz CT molecular complexity index is 337. The van der Waals surface area contributed by atoms with E-state index >= 15 is 0 Å². The molecule has 1 aliphatic carbocycles. The van der Waals surface area contributed by atoms with E-state index in [1.165, 1.54) is 0 Å². The predicted octanol–water partition coefficient (Wildman–Crippen LogP) is 2.08. The van der Waals surface area contributed by atoms with Crippen molar-refractivity contribution in [3.8, 4) is 0 Å². The van der Waals surface area contributed by atoms with Gasteiger partial charge in [0.15, 0.2) is 0 Å². The Hall–Kier alpha value is -0.610. The minimum atomic E-state index is 0.198. The fourth-order valence-corrected chi connectivity index (χ4v) is 3.66. The van der Waals surface area contributed by atoms with E-state index in [1.807, 2.05) is 0 Å². The summed E-state index contributed by atoms with van der Waals surface area (Å²) in [4.78, 5) is 17.1. The van der Waals surface area contributed by atoms with Gasteiger partial charge in [-0.3, -0.25) is 4.79 Å². The van der Waals surface area contributed by atoms with E-state index in [4.69, 9.17) is 5.73 Å². The van der Waals surface area contributed by atoms with Gasteiger partial charge in [-0.05, 0) is 58.9 Å². The molecule has 2 unspecified atom stereocenters. The molecule has 1 saturated carbocycles. The Balaban J connectivity index is 1.76. The van der Waals surface area contributed by atoms with Gasteiger partial charge in [0.05, 0.1) is 0 Å². The van der Waals surface area contributed by atoms with E-state index in [0.29, 0.717) is 11.9 Å². The van der Waals surface area contributed by atoms with E-state index < -0.39 is 0 Å². The molecule has 4 nitrogen and oxygen atoms in total. The second-order valence-corrected chi connectivity index (χ2v) is 7.43. The highest BCUT2D eigenvalue weighted by atomic mass is 16.2. The summed E-state index contributed by atoms with van der Waals surface area (Å²) in [6, 6.07) is 0.846. The SMILES string of the molecule is CC(C)N(C)CC1CCN(C(=O)C2CCCC(N)C2)CC1. The number of hydrogen-bond acceptors (Lipinski definition) is 3. The van der Waals surface area contributed by atoms with Crippen LogP contribution in [0.3, 0.4) is 0 Å². The number of rotatable bonds is 4. The molecule has 2 rings (SSSR count). The first-order valence-corrected chi connectivity index (χ1v) is 8.72. The van der Waals surface area contributed by atoms with Crippen molar-refractivity contribution in [2.75, 3.05) is 26.7 Å². The van der Waals surface area contributed by atoms with Crippen LogP contribution in [0.4, 0.5) is 0 Å². The molecule has 0 aromatic rings. The Morgan fingerprint density at radius 2 is 1.90 bits per heavy atom. The third-order valence-corrected chi connectivity index (χ3v) is 5.42. The molecule has 0 radical (unpaired) electrons. The van der Waals surface area contributed by atoms with Crippen LogP contribution in [0.1, 0.15) is 52.4 Å². The first kappa shape index (κ1) is 16.8. The number of piperidine rings is 1. The first-order chi connectivity index (χ1) is 9.97. The zero-order valence-corrected chi connectivity index (χ0v) is 14.1. The van der Waals surface area contributed by atoms with Crippen LogP contribution >= 0.6 is 0 Å². The molecule has 2 N–H and O–H groups in total. The Morgan fingerprint density at radius 1 is 1.24 bits per heavy atom. The molecule has 0 bridgehead atoms. The molecule has 0 aromatic heterocycles. The summed E-state index contributed by atoms with van der Waals surface area (Å²) in [6.07, 6.45) is 6.46. The summed E-state index contributed by atoms with van der Waals surface area (Å²) < 4.78 is 0. The van der Waals surface area contributed by atoms with Crippen molar-refractivity contribution in [2.45, 2.75) is 64.5 Å². The predicted molar refractivity (Wildman–Crippen MR) is 87.0 cm³/mol. The van der Waals surface area contributed by atoms with E-state index in [1.54, 1.807) is 0 Å². The molecule has 4 heteroatoms. The van der Waals surface area contributed by atoms with Gasteiger partial charge in [0.2, 0.25) is 5.91 Å². The Kier molecular flexibility index (Phi) is 6.06. The van der Waals surface area contributed by atoms with Crippen LogP contribution in [0, 0.1) is 11.8 Å². The highest BCUT2D eigenvalue weighted by Gasteiger charge is 2.31. The number of nitrogens with zero attached hydrogens (tertiary/aromatic N) is 2. The molecule has 21 heavy (non-hydrogen) atoms. The van der Waals surface area contributed by atoms with E-state index in [-0.39, 0.29) is 12.0 Å². The van der Waals surface area contributed by atoms with Gasteiger partial charge in [-0.25, -0.2) is 0 Å². The van der Waals surface area contributed by atoms with E-state index in [0.717, 1.165) is 64.1 Å². The number of hydrogen-bond donors (Lipinski definition) is 1. The van der Waals surface area contributed by atoms with Crippen molar-refractivity contribution in [2.24, 2.45) is 17.6 Å². The quantitative estimate of drug-likeness (QED) is 0.864. The van der Waals surface area contributed by atoms with Crippen LogP contribution in [-0.2, 0) is 4.79 Å². The van der Waals surface area contributed by atoms with Gasteiger partial charge in [0.1, 0.15) is 0 Å². The van der Waals surface area contributed by atoms with Gasteiger partial charge in [-0.15, -0.1) is 0 Å². The van der Waals surface area contributed by atoms with Gasteiger partial charge in [-0.2, -0.15) is 0 Å². The minimum absolute atomic E-state index is 0.198. The average Bonchev–Trinajstić information content (AvgIpc) is 2.47. The maximum atomic E-state index is 12.6. The molecule has 122 valence electrons. The molecule has 2 aliphatic rings. The lowest BCUT2D eigenvalue weighted by Crippen LogP contribution is -2.46. The van der Waals surface area contributed by atoms with Gasteiger partial charge in [0.25, 0.3) is 0 Å². The lowest BCUT2D eigenvalue weighted by molar-refractivity contribution is -0.138. The van der Waals surface area contributed by atoms with Crippen LogP contribution in [0.2, 0.25) is 0 Å². The maximum absolute atomic E-state index is 12.6. The van der Waals surface area contributed by atoms with Crippen LogP contribution in [0.15, 0.2) is 0 Å². The largest absolute Gasteiger partial charge is 0.342 e. The minimum Gasteiger partial charge on any atom is -0.342 e. The van der Waals surface area contributed by atoms with Crippen molar-refractivity contribution < 1.29 is 4.79 Å². The number of nitrogens with two attached hydrogens (primary N) is 1. The van der Waals surface area contributed by atoms with Crippen molar-refractivity contribution in [3.05, 3.63) is 0 Å². The highest BCUT2D eigenvalue weighted by Crippen LogP contribution is 2.27. The summed E-state index contributed by atoms with van der Waals surface area (Å²) in [7, 11) is 2.20. The lowest BCUT2D eigenvalue weighted by atomic mass is 9.84. The van der Waals surface area contributed by atoms with Crippen molar-refractivity contribution in [1.82, 2.24) is 9.80 Å². The van der Waals surface area contributed by atoms with E-state index in [9.17, 15) is 4.79 Å². The molecule has 1 saturated heterocycles. The van der Waals surface area contributed by atoms with Gasteiger partial charge >= 0.3 is 0 Å². The lowest BCUT2D eigenvalue weighted by Gasteiger charge is -2.37. The highest BCUT2D eigenvalue weighted by molar-refractivity contribution is 5.79. The molecule has 2 fully saturated rings. The van der Waals surface area contributed by atoms with Crippen molar-refractivity contribution >= 4 is 5.91 Å². The maximum Gasteiger partial charge on any atom is 0.225 e. The summed E-state index contributed by atoms with van der Waals surface area (Å²) >= 11 is 0. The van der Waals surface area contributed by atoms with Crippen molar-refractivity contribution in [3.63, 3.8) is 0 Å². The smallest absolute Gasteiger partial charge is 0.225 e. The van der Waals surface area contributed by atoms with E-state index in [2.05, 4.69) is 30.7 Å². The molecule has 0 aromatic carbocycles. The fraction of sp³-hybridized carbons (Fsp3) is 0.941. The number of carbonyl (C=O) groups excluding carboxylic acids is 1. The summed E-state index contributed by atoms with van der Waals surface area (Å²) in [6.45, 7) is 7.53. The standard InChI is InChI=1S/C17H33N3O/c1-13(2)19(3)12-14-7-9-20(10-8-14)17(21)15-5-4-6-16(18)11-15/h13-16H,4-12,18H2,1-3H3. The molecule has 0 spiro atoms. The molecule has 1 amide bonds. The molecule has 1 aliphatic heterocycles. The Labute approximate surface area is 130 Å². The van der Waals surface area contributed by atoms with Crippen LogP contribution < -0.4 is 5.73 Å². The summed E-state index contributed by atoms with van der Waals surface area (Å²) in [5, 5.41) is 0. The van der Waals surface area contributed by atoms with Crippen LogP contribution in [0.25, 0.3) is 0 Å². The number of likely N-dealkylation sites (tertiary alicyclic amines) is 1. The first-order valence-electron chi connectivity index (χ1n) is 8.72. The normalized spacial score (nSPS) is 28.4. The number of amides is 1. The fourth-order valence-electron chi connectivity index (χ4n) is 3.66. The molecular weight excluding hydrogens is 262 g/mol.